The number of halogens is 3. The van der Waals surface area contributed by atoms with Crippen molar-refractivity contribution in [3.05, 3.63) is 46.2 Å². The van der Waals surface area contributed by atoms with Gasteiger partial charge in [-0.15, -0.1) is 6.58 Å². The molecule has 0 aromatic heterocycles. The lowest BCUT2D eigenvalue weighted by molar-refractivity contribution is 0.603. The molecule has 1 aromatic rings. The average Bonchev–Trinajstić information content (AvgIpc) is 2.12. The van der Waals surface area contributed by atoms with E-state index in [0.29, 0.717) is 0 Å². The maximum atomic E-state index is 13.4. The van der Waals surface area contributed by atoms with E-state index in [1.165, 1.54) is 18.2 Å². The Morgan fingerprint density at radius 1 is 1.38 bits per heavy atom. The van der Waals surface area contributed by atoms with E-state index in [-0.39, 0.29) is 15.6 Å². The third kappa shape index (κ3) is 2.02. The minimum absolute atomic E-state index is 0.0108. The third-order valence-electron chi connectivity index (χ3n) is 1.67. The van der Waals surface area contributed by atoms with Crippen LogP contribution in [0.5, 0.6) is 0 Å². The first-order valence-electron chi connectivity index (χ1n) is 3.59. The van der Waals surface area contributed by atoms with E-state index in [4.69, 9.17) is 28.9 Å². The van der Waals surface area contributed by atoms with Crippen molar-refractivity contribution in [2.24, 2.45) is 5.73 Å². The highest BCUT2D eigenvalue weighted by Crippen LogP contribution is 2.29. The second kappa shape index (κ2) is 4.09. The van der Waals surface area contributed by atoms with Gasteiger partial charge in [0.2, 0.25) is 0 Å². The molecule has 70 valence electrons. The molecule has 0 aliphatic rings. The fourth-order valence-corrected chi connectivity index (χ4v) is 1.40. The molecule has 0 saturated carbocycles. The summed E-state index contributed by atoms with van der Waals surface area (Å²) in [5, 5.41) is 0.269. The van der Waals surface area contributed by atoms with Gasteiger partial charge in [0.25, 0.3) is 0 Å². The molecule has 0 heterocycles. The summed E-state index contributed by atoms with van der Waals surface area (Å²) in [6.45, 7) is 3.46. The molecule has 0 fully saturated rings. The molecule has 13 heavy (non-hydrogen) atoms. The van der Waals surface area contributed by atoms with E-state index in [2.05, 4.69) is 6.58 Å². The van der Waals surface area contributed by atoms with Crippen LogP contribution in [0.1, 0.15) is 11.6 Å². The summed E-state index contributed by atoms with van der Waals surface area (Å²) in [4.78, 5) is 0. The van der Waals surface area contributed by atoms with Gasteiger partial charge >= 0.3 is 0 Å². The van der Waals surface area contributed by atoms with Gasteiger partial charge in [-0.25, -0.2) is 4.39 Å². The molecular formula is C9H8Cl2FN. The molecular weight excluding hydrogens is 212 g/mol. The molecule has 0 bridgehead atoms. The standard InChI is InChI=1S/C9H8Cl2FN/c1-2-7(13)8-5(10)3-4-6(11)9(8)12/h2-4,7H,1,13H2/t7-/m0/s1. The lowest BCUT2D eigenvalue weighted by atomic mass is 10.1. The maximum absolute atomic E-state index is 13.4. The Morgan fingerprint density at radius 3 is 2.46 bits per heavy atom. The van der Waals surface area contributed by atoms with Gasteiger partial charge in [0, 0.05) is 10.6 Å². The van der Waals surface area contributed by atoms with Gasteiger partial charge in [0.05, 0.1) is 11.1 Å². The summed E-state index contributed by atoms with van der Waals surface area (Å²) in [5.41, 5.74) is 5.75. The summed E-state index contributed by atoms with van der Waals surface area (Å²) in [6.07, 6.45) is 1.40. The van der Waals surface area contributed by atoms with Crippen LogP contribution in [0, 0.1) is 5.82 Å². The Kier molecular flexibility index (Phi) is 3.31. The zero-order chi connectivity index (χ0) is 10.0. The molecule has 0 saturated heterocycles. The van der Waals surface area contributed by atoms with Crippen molar-refractivity contribution >= 4 is 23.2 Å². The molecule has 2 N–H and O–H groups in total. The number of benzene rings is 1. The monoisotopic (exact) mass is 219 g/mol. The van der Waals surface area contributed by atoms with Crippen molar-refractivity contribution < 1.29 is 4.39 Å². The Balaban J connectivity index is 3.32. The van der Waals surface area contributed by atoms with Crippen LogP contribution in [0.15, 0.2) is 24.8 Å². The van der Waals surface area contributed by atoms with E-state index in [0.717, 1.165) is 0 Å². The fourth-order valence-electron chi connectivity index (χ4n) is 0.966. The Hall–Kier alpha value is -0.570. The normalized spacial score (nSPS) is 12.6. The number of hydrogen-bond acceptors (Lipinski definition) is 1. The van der Waals surface area contributed by atoms with Crippen molar-refractivity contribution in [2.75, 3.05) is 0 Å². The van der Waals surface area contributed by atoms with Crippen LogP contribution in [0.2, 0.25) is 10.0 Å². The van der Waals surface area contributed by atoms with E-state index >= 15 is 0 Å². The quantitative estimate of drug-likeness (QED) is 0.600. The Morgan fingerprint density at radius 2 is 1.92 bits per heavy atom. The Labute approximate surface area is 85.9 Å². The lowest BCUT2D eigenvalue weighted by Gasteiger charge is -2.10. The Bertz CT molecular complexity index is 339. The molecule has 0 radical (unpaired) electrons. The molecule has 1 atom stereocenters. The summed E-state index contributed by atoms with van der Waals surface area (Å²) in [7, 11) is 0. The predicted octanol–water partition coefficient (Wildman–Crippen LogP) is 3.32. The summed E-state index contributed by atoms with van der Waals surface area (Å²) in [6, 6.07) is 2.26. The summed E-state index contributed by atoms with van der Waals surface area (Å²) < 4.78 is 13.4. The van der Waals surface area contributed by atoms with Gasteiger partial charge in [0.15, 0.2) is 0 Å². The van der Waals surface area contributed by atoms with Crippen LogP contribution in [0.25, 0.3) is 0 Å². The SMILES string of the molecule is C=C[C@H](N)c1c(Cl)ccc(Cl)c1F. The van der Waals surface area contributed by atoms with Crippen molar-refractivity contribution in [1.29, 1.82) is 0 Å². The van der Waals surface area contributed by atoms with Crippen LogP contribution in [0.3, 0.4) is 0 Å². The molecule has 1 aromatic carbocycles. The third-order valence-corrected chi connectivity index (χ3v) is 2.29. The maximum Gasteiger partial charge on any atom is 0.148 e. The van der Waals surface area contributed by atoms with Crippen molar-refractivity contribution in [1.82, 2.24) is 0 Å². The van der Waals surface area contributed by atoms with Crippen LogP contribution in [-0.2, 0) is 0 Å². The van der Waals surface area contributed by atoms with Crippen LogP contribution >= 0.6 is 23.2 Å². The number of nitrogens with two attached hydrogens (primary N) is 1. The van der Waals surface area contributed by atoms with Gasteiger partial charge < -0.3 is 5.73 Å². The smallest absolute Gasteiger partial charge is 0.148 e. The van der Waals surface area contributed by atoms with E-state index in [1.807, 2.05) is 0 Å². The largest absolute Gasteiger partial charge is 0.321 e. The summed E-state index contributed by atoms with van der Waals surface area (Å²) >= 11 is 11.3. The topological polar surface area (TPSA) is 26.0 Å². The minimum atomic E-state index is -0.633. The summed E-state index contributed by atoms with van der Waals surface area (Å²) in [5.74, 6) is -0.582. The second-order valence-corrected chi connectivity index (χ2v) is 3.33. The van der Waals surface area contributed by atoms with Gasteiger partial charge in [-0.1, -0.05) is 29.3 Å². The molecule has 0 aliphatic heterocycles. The van der Waals surface area contributed by atoms with Gasteiger partial charge in [-0.3, -0.25) is 0 Å². The van der Waals surface area contributed by atoms with Crippen LogP contribution < -0.4 is 5.73 Å². The first-order valence-corrected chi connectivity index (χ1v) is 4.35. The number of hydrogen-bond donors (Lipinski definition) is 1. The molecule has 4 heteroatoms. The van der Waals surface area contributed by atoms with Crippen molar-refractivity contribution in [3.63, 3.8) is 0 Å². The highest BCUT2D eigenvalue weighted by atomic mass is 35.5. The highest BCUT2D eigenvalue weighted by molar-refractivity contribution is 6.33. The molecule has 0 aliphatic carbocycles. The first-order chi connectivity index (χ1) is 6.07. The van der Waals surface area contributed by atoms with E-state index < -0.39 is 11.9 Å². The van der Waals surface area contributed by atoms with E-state index in [9.17, 15) is 4.39 Å². The van der Waals surface area contributed by atoms with Crippen LogP contribution in [-0.4, -0.2) is 0 Å². The fraction of sp³-hybridized carbons (Fsp3) is 0.111. The highest BCUT2D eigenvalue weighted by Gasteiger charge is 2.15. The second-order valence-electron chi connectivity index (χ2n) is 2.52. The molecule has 0 spiro atoms. The van der Waals surface area contributed by atoms with Crippen molar-refractivity contribution in [3.8, 4) is 0 Å². The number of rotatable bonds is 2. The zero-order valence-electron chi connectivity index (χ0n) is 6.73. The zero-order valence-corrected chi connectivity index (χ0v) is 8.24. The van der Waals surface area contributed by atoms with Crippen LogP contribution in [0.4, 0.5) is 4.39 Å². The molecule has 1 rings (SSSR count). The first kappa shape index (κ1) is 10.5. The van der Waals surface area contributed by atoms with Gasteiger partial charge in [-0.2, -0.15) is 0 Å². The molecule has 0 amide bonds. The lowest BCUT2D eigenvalue weighted by Crippen LogP contribution is -2.09. The van der Waals surface area contributed by atoms with Gasteiger partial charge in [0.1, 0.15) is 5.82 Å². The minimum Gasteiger partial charge on any atom is -0.321 e. The average molecular weight is 220 g/mol. The van der Waals surface area contributed by atoms with E-state index in [1.54, 1.807) is 0 Å². The van der Waals surface area contributed by atoms with Crippen molar-refractivity contribution in [2.45, 2.75) is 6.04 Å². The predicted molar refractivity (Wildman–Crippen MR) is 53.5 cm³/mol. The molecule has 1 nitrogen and oxygen atoms in total. The van der Waals surface area contributed by atoms with Gasteiger partial charge in [-0.05, 0) is 12.1 Å². The molecule has 0 unspecified atom stereocenters.